The second kappa shape index (κ2) is 11.8. The smallest absolute Gasteiger partial charge is 0.576 e. The van der Waals surface area contributed by atoms with E-state index in [0.29, 0.717) is 11.5 Å². The molecule has 0 fully saturated rings. The maximum atomic E-state index is 7.13. The molecule has 6 heteroatoms. The molecule has 2 aromatic heterocycles. The van der Waals surface area contributed by atoms with Crippen molar-refractivity contribution in [2.75, 3.05) is 0 Å². The lowest BCUT2D eigenvalue weighted by molar-refractivity contribution is 0.312. The molecule has 0 atom stereocenters. The first-order valence-corrected chi connectivity index (χ1v) is 16.8. The summed E-state index contributed by atoms with van der Waals surface area (Å²) in [5.74, 6) is 1.97. The summed E-state index contributed by atoms with van der Waals surface area (Å²) >= 11 is -3.08. The number of aryl methyl sites for hydroxylation is 2. The number of benzene rings is 6. The number of rotatable bonds is 7. The van der Waals surface area contributed by atoms with Crippen LogP contribution >= 0.6 is 0 Å². The molecule has 2 heterocycles. The van der Waals surface area contributed by atoms with Crippen molar-refractivity contribution >= 4 is 58.5 Å². The Labute approximate surface area is 272 Å². The molecule has 0 unspecified atom stereocenters. The van der Waals surface area contributed by atoms with Crippen LogP contribution in [0.5, 0.6) is 17.2 Å². The molecule has 0 amide bonds. The van der Waals surface area contributed by atoms with Gasteiger partial charge in [-0.1, -0.05) is 115 Å². The summed E-state index contributed by atoms with van der Waals surface area (Å²) in [5.41, 5.74) is 5.40. The van der Waals surface area contributed by atoms with Crippen molar-refractivity contribution in [2.24, 2.45) is 0 Å². The van der Waals surface area contributed by atoms with E-state index >= 15 is 0 Å². The molecule has 46 heavy (non-hydrogen) atoms. The minimum atomic E-state index is -3.08. The summed E-state index contributed by atoms with van der Waals surface area (Å²) in [6, 6.07) is 47.3. The van der Waals surface area contributed by atoms with Crippen molar-refractivity contribution in [3.63, 3.8) is 0 Å². The van der Waals surface area contributed by atoms with Gasteiger partial charge in [-0.15, -0.1) is 0 Å². The Hall–Kier alpha value is -5.41. The van der Waals surface area contributed by atoms with Gasteiger partial charge < -0.3 is 11.4 Å². The lowest BCUT2D eigenvalue weighted by Gasteiger charge is -2.23. The predicted molar refractivity (Wildman–Crippen MR) is 187 cm³/mol. The summed E-state index contributed by atoms with van der Waals surface area (Å²) < 4.78 is 20.8. The zero-order chi connectivity index (χ0) is 31.0. The SMILES string of the molecule is Cc1ccc2cccc([O][Al]([O]c3c(-c4ccccc4)c4ccccc4c4ccccc34)[O]c3cccc4ccc(C)nc34)c2n1. The number of para-hydroxylation sites is 2. The maximum absolute atomic E-state index is 7.13. The fraction of sp³-hybridized carbons (Fsp3) is 0.0500. The topological polar surface area (TPSA) is 53.5 Å². The first-order chi connectivity index (χ1) is 22.6. The highest BCUT2D eigenvalue weighted by molar-refractivity contribution is 6.41. The van der Waals surface area contributed by atoms with Gasteiger partial charge in [0.05, 0.1) is 0 Å². The average molecular weight is 613 g/mol. The Bertz CT molecular complexity index is 2310. The van der Waals surface area contributed by atoms with Gasteiger partial charge in [-0.05, 0) is 59.8 Å². The van der Waals surface area contributed by atoms with E-state index in [1.165, 1.54) is 0 Å². The van der Waals surface area contributed by atoms with Crippen LogP contribution in [0.25, 0.3) is 54.5 Å². The lowest BCUT2D eigenvalue weighted by atomic mass is 9.92. The van der Waals surface area contributed by atoms with Crippen molar-refractivity contribution in [3.05, 3.63) is 151 Å². The molecular formula is C40H29AlN2O3. The fourth-order valence-corrected chi connectivity index (χ4v) is 7.50. The Morgan fingerprint density at radius 1 is 0.435 bits per heavy atom. The molecule has 0 radical (unpaired) electrons. The van der Waals surface area contributed by atoms with Crippen molar-refractivity contribution in [3.8, 4) is 28.4 Å². The van der Waals surface area contributed by atoms with Crippen LogP contribution in [0.1, 0.15) is 11.4 Å². The molecule has 6 aromatic carbocycles. The number of hydrogen-bond donors (Lipinski definition) is 0. The van der Waals surface area contributed by atoms with Crippen LogP contribution in [0.2, 0.25) is 0 Å². The first-order valence-electron chi connectivity index (χ1n) is 15.3. The molecule has 0 spiro atoms. The van der Waals surface area contributed by atoms with Crippen LogP contribution in [-0.2, 0) is 0 Å². The lowest BCUT2D eigenvalue weighted by Crippen LogP contribution is -2.37. The molecule has 0 aliphatic heterocycles. The highest BCUT2D eigenvalue weighted by Crippen LogP contribution is 2.44. The monoisotopic (exact) mass is 612 g/mol. The molecule has 220 valence electrons. The third-order valence-corrected chi connectivity index (χ3v) is 9.57. The van der Waals surface area contributed by atoms with E-state index in [2.05, 4.69) is 78.9 Å². The number of hydrogen-bond acceptors (Lipinski definition) is 5. The van der Waals surface area contributed by atoms with Gasteiger partial charge in [-0.3, -0.25) is 0 Å². The van der Waals surface area contributed by atoms with Crippen molar-refractivity contribution < 1.29 is 11.4 Å². The Kier molecular flexibility index (Phi) is 7.23. The average Bonchev–Trinajstić information content (AvgIpc) is 3.09. The Morgan fingerprint density at radius 2 is 0.935 bits per heavy atom. The van der Waals surface area contributed by atoms with E-state index in [1.54, 1.807) is 0 Å². The van der Waals surface area contributed by atoms with Gasteiger partial charge in [-0.2, -0.15) is 0 Å². The predicted octanol–water partition coefficient (Wildman–Crippen LogP) is 9.89. The highest BCUT2D eigenvalue weighted by Gasteiger charge is 2.46. The van der Waals surface area contributed by atoms with Gasteiger partial charge in [0.2, 0.25) is 0 Å². The standard InChI is InChI=1S/C20H14O.2C10H9NO.Al/c21-20-18-13-7-5-11-16(18)15-10-4-6-12-17(15)19(20)14-8-2-1-3-9-14;2*1-7-5-6-8-3-2-4-9(12)10(8)11-7;/h1-13,21H;2*2-6,12H,1H3;/q;;;+3/p-3. The molecule has 0 aliphatic carbocycles. The van der Waals surface area contributed by atoms with Gasteiger partial charge in [0, 0.05) is 33.1 Å². The van der Waals surface area contributed by atoms with Crippen molar-refractivity contribution in [1.82, 2.24) is 9.97 Å². The van der Waals surface area contributed by atoms with E-state index in [0.717, 1.165) is 71.6 Å². The molecule has 8 rings (SSSR count). The molecule has 0 N–H and O–H groups in total. The van der Waals surface area contributed by atoms with Gasteiger partial charge in [0.25, 0.3) is 0 Å². The molecular weight excluding hydrogens is 583 g/mol. The van der Waals surface area contributed by atoms with Crippen LogP contribution in [0.4, 0.5) is 0 Å². The van der Waals surface area contributed by atoms with E-state index < -0.39 is 15.1 Å². The number of fused-ring (bicyclic) bond motifs is 5. The molecule has 0 saturated heterocycles. The molecule has 0 saturated carbocycles. The fourth-order valence-electron chi connectivity index (χ4n) is 6.12. The van der Waals surface area contributed by atoms with Gasteiger partial charge in [0.1, 0.15) is 28.3 Å². The van der Waals surface area contributed by atoms with Crippen LogP contribution in [0.3, 0.4) is 0 Å². The quantitative estimate of drug-likeness (QED) is 0.132. The summed E-state index contributed by atoms with van der Waals surface area (Å²) in [5, 5.41) is 6.32. The third-order valence-electron chi connectivity index (χ3n) is 8.25. The molecule has 8 aromatic rings. The van der Waals surface area contributed by atoms with Crippen LogP contribution in [0, 0.1) is 13.8 Å². The Morgan fingerprint density at radius 3 is 1.52 bits per heavy atom. The van der Waals surface area contributed by atoms with Crippen molar-refractivity contribution in [1.29, 1.82) is 0 Å². The molecule has 0 bridgehead atoms. The van der Waals surface area contributed by atoms with Gasteiger partial charge in [-0.25, -0.2) is 9.97 Å². The first kappa shape index (κ1) is 28.1. The van der Waals surface area contributed by atoms with Gasteiger partial charge in [0.15, 0.2) is 0 Å². The normalized spacial score (nSPS) is 11.3. The molecule has 0 aliphatic rings. The number of nitrogens with zero attached hydrogens (tertiary/aromatic N) is 2. The zero-order valence-corrected chi connectivity index (χ0v) is 26.6. The highest BCUT2D eigenvalue weighted by atomic mass is 27.3. The van der Waals surface area contributed by atoms with Crippen LogP contribution in [-0.4, -0.2) is 25.1 Å². The largest absolute Gasteiger partial charge is 1.20 e. The maximum Gasteiger partial charge on any atom is 1.20 e. The third kappa shape index (κ3) is 5.18. The van der Waals surface area contributed by atoms with Crippen LogP contribution < -0.4 is 11.4 Å². The summed E-state index contributed by atoms with van der Waals surface area (Å²) in [7, 11) is 0. The summed E-state index contributed by atoms with van der Waals surface area (Å²) in [4.78, 5) is 9.67. The van der Waals surface area contributed by atoms with E-state index in [4.69, 9.17) is 21.3 Å². The van der Waals surface area contributed by atoms with E-state index in [-0.39, 0.29) is 0 Å². The number of aromatic nitrogens is 2. The van der Waals surface area contributed by atoms with Crippen LogP contribution in [0.15, 0.2) is 140 Å². The minimum Gasteiger partial charge on any atom is -0.576 e. The second-order valence-electron chi connectivity index (χ2n) is 11.4. The molecule has 5 nitrogen and oxygen atoms in total. The zero-order valence-electron chi connectivity index (χ0n) is 25.5. The Balaban J connectivity index is 1.35. The summed E-state index contributed by atoms with van der Waals surface area (Å²) in [6.07, 6.45) is 0. The van der Waals surface area contributed by atoms with Crippen molar-refractivity contribution in [2.45, 2.75) is 13.8 Å². The second-order valence-corrected chi connectivity index (χ2v) is 12.6. The minimum absolute atomic E-state index is 0.619. The van der Waals surface area contributed by atoms with E-state index in [9.17, 15) is 0 Å². The van der Waals surface area contributed by atoms with Gasteiger partial charge >= 0.3 is 15.1 Å². The number of pyridine rings is 2. The van der Waals surface area contributed by atoms with E-state index in [1.807, 2.05) is 74.5 Å². The summed E-state index contributed by atoms with van der Waals surface area (Å²) in [6.45, 7) is 3.96.